The highest BCUT2D eigenvalue weighted by Crippen LogP contribution is 2.34. The Morgan fingerprint density at radius 1 is 1.32 bits per heavy atom. The van der Waals surface area contributed by atoms with Crippen molar-refractivity contribution in [2.75, 3.05) is 5.32 Å². The fourth-order valence-electron chi connectivity index (χ4n) is 3.58. The summed E-state index contributed by atoms with van der Waals surface area (Å²) in [7, 11) is 0. The van der Waals surface area contributed by atoms with Crippen LogP contribution < -0.4 is 10.6 Å². The first-order chi connectivity index (χ1) is 12.2. The molecule has 0 unspecified atom stereocenters. The van der Waals surface area contributed by atoms with Crippen molar-refractivity contribution in [3.63, 3.8) is 0 Å². The van der Waals surface area contributed by atoms with Crippen LogP contribution in [-0.2, 0) is 17.6 Å². The van der Waals surface area contributed by atoms with E-state index in [-0.39, 0.29) is 18.0 Å². The Balaban J connectivity index is 1.75. The number of anilines is 1. The van der Waals surface area contributed by atoms with Crippen molar-refractivity contribution in [1.82, 2.24) is 19.9 Å². The number of nitrogens with one attached hydrogen (secondary N) is 2. The Hall–Kier alpha value is -2.89. The average molecular weight is 335 g/mol. The summed E-state index contributed by atoms with van der Waals surface area (Å²) in [5.74, 6) is 0.877. The number of carbonyl (C=O) groups excluding carboxylic acids is 1. The van der Waals surface area contributed by atoms with Gasteiger partial charge in [0.2, 0.25) is 5.91 Å². The van der Waals surface area contributed by atoms with Crippen LogP contribution in [0.5, 0.6) is 0 Å². The summed E-state index contributed by atoms with van der Waals surface area (Å²) >= 11 is 0. The van der Waals surface area contributed by atoms with Gasteiger partial charge in [0.25, 0.3) is 0 Å². The van der Waals surface area contributed by atoms with Crippen LogP contribution in [0, 0.1) is 0 Å². The van der Waals surface area contributed by atoms with E-state index in [1.54, 1.807) is 13.1 Å². The van der Waals surface area contributed by atoms with Crippen LogP contribution in [0.1, 0.15) is 36.7 Å². The summed E-state index contributed by atoms with van der Waals surface area (Å²) in [4.78, 5) is 16.2. The van der Waals surface area contributed by atoms with Crippen LogP contribution >= 0.6 is 0 Å². The molecule has 2 N–H and O–H groups in total. The zero-order chi connectivity index (χ0) is 17.4. The highest BCUT2D eigenvalue weighted by Gasteiger charge is 2.33. The van der Waals surface area contributed by atoms with Gasteiger partial charge in [-0.1, -0.05) is 31.2 Å². The van der Waals surface area contributed by atoms with Gasteiger partial charge in [0.15, 0.2) is 5.65 Å². The summed E-state index contributed by atoms with van der Waals surface area (Å²) in [5, 5.41) is 11.1. The van der Waals surface area contributed by atoms with Gasteiger partial charge in [0, 0.05) is 24.8 Å². The molecule has 2 atom stereocenters. The maximum atomic E-state index is 11.7. The number of aryl methyl sites for hydroxylation is 1. The number of nitrogens with zero attached hydrogens (tertiary/aromatic N) is 3. The standard InChI is InChI=1S/C19H21N5O/c1-3-14-11-18(24-17(22-14)8-9-20-24)23-19-15-7-5-4-6-13(15)10-16(19)21-12(2)25/h4-9,11,16,19,23H,3,10H2,1-2H3,(H,21,25)/t16-,19-/m1/s1. The fourth-order valence-corrected chi connectivity index (χ4v) is 3.58. The van der Waals surface area contributed by atoms with E-state index < -0.39 is 0 Å². The average Bonchev–Trinajstić information content (AvgIpc) is 3.19. The highest BCUT2D eigenvalue weighted by molar-refractivity contribution is 5.73. The van der Waals surface area contributed by atoms with Gasteiger partial charge in [-0.3, -0.25) is 4.79 Å². The van der Waals surface area contributed by atoms with Gasteiger partial charge >= 0.3 is 0 Å². The summed E-state index contributed by atoms with van der Waals surface area (Å²) in [6.07, 6.45) is 3.43. The Morgan fingerprint density at radius 2 is 2.16 bits per heavy atom. The van der Waals surface area contributed by atoms with E-state index in [4.69, 9.17) is 0 Å². The van der Waals surface area contributed by atoms with E-state index in [9.17, 15) is 4.79 Å². The summed E-state index contributed by atoms with van der Waals surface area (Å²) in [5.41, 5.74) is 4.32. The molecule has 3 aromatic rings. The molecule has 0 spiro atoms. The number of aromatic nitrogens is 3. The van der Waals surface area contributed by atoms with Crippen LogP contribution in [0.2, 0.25) is 0 Å². The number of fused-ring (bicyclic) bond motifs is 2. The van der Waals surface area contributed by atoms with Crippen molar-refractivity contribution in [3.8, 4) is 0 Å². The lowest BCUT2D eigenvalue weighted by Gasteiger charge is -2.24. The van der Waals surface area contributed by atoms with E-state index in [1.165, 1.54) is 11.1 Å². The molecule has 4 rings (SSSR count). The first-order valence-electron chi connectivity index (χ1n) is 8.61. The predicted octanol–water partition coefficient (Wildman–Crippen LogP) is 2.51. The van der Waals surface area contributed by atoms with Gasteiger partial charge in [-0.25, -0.2) is 4.98 Å². The third-order valence-corrected chi connectivity index (χ3v) is 4.70. The zero-order valence-electron chi connectivity index (χ0n) is 14.4. The van der Waals surface area contributed by atoms with E-state index >= 15 is 0 Å². The number of hydrogen-bond donors (Lipinski definition) is 2. The lowest BCUT2D eigenvalue weighted by atomic mass is 10.1. The SMILES string of the molecule is CCc1cc(N[C@@H]2c3ccccc3C[C@H]2NC(C)=O)n2nccc2n1. The Morgan fingerprint density at radius 3 is 2.96 bits per heavy atom. The third-order valence-electron chi connectivity index (χ3n) is 4.70. The predicted molar refractivity (Wildman–Crippen MR) is 96.5 cm³/mol. The van der Waals surface area contributed by atoms with Gasteiger partial charge in [-0.15, -0.1) is 0 Å². The molecule has 128 valence electrons. The van der Waals surface area contributed by atoms with Crippen LogP contribution in [0.15, 0.2) is 42.6 Å². The molecule has 0 fully saturated rings. The molecule has 2 aromatic heterocycles. The second kappa shape index (κ2) is 6.20. The molecular formula is C19H21N5O. The highest BCUT2D eigenvalue weighted by atomic mass is 16.1. The second-order valence-corrected chi connectivity index (χ2v) is 6.42. The lowest BCUT2D eigenvalue weighted by Crippen LogP contribution is -2.39. The summed E-state index contributed by atoms with van der Waals surface area (Å²) in [6.45, 7) is 3.65. The Labute approximate surface area is 146 Å². The molecule has 0 radical (unpaired) electrons. The first kappa shape index (κ1) is 15.6. The number of rotatable bonds is 4. The molecule has 0 bridgehead atoms. The molecule has 1 aliphatic carbocycles. The summed E-state index contributed by atoms with van der Waals surface area (Å²) in [6, 6.07) is 12.3. The van der Waals surface area contributed by atoms with Gasteiger partial charge in [-0.05, 0) is 24.0 Å². The second-order valence-electron chi connectivity index (χ2n) is 6.42. The van der Waals surface area contributed by atoms with E-state index in [0.29, 0.717) is 0 Å². The minimum atomic E-state index is -0.0159. The van der Waals surface area contributed by atoms with Crippen molar-refractivity contribution in [3.05, 3.63) is 59.4 Å². The number of amides is 1. The molecule has 1 amide bonds. The Bertz CT molecular complexity index is 932. The lowest BCUT2D eigenvalue weighted by molar-refractivity contribution is -0.119. The largest absolute Gasteiger partial charge is 0.361 e. The molecule has 0 saturated heterocycles. The minimum absolute atomic E-state index is 0.000365. The molecule has 0 saturated carbocycles. The number of carbonyl (C=O) groups is 1. The van der Waals surface area contributed by atoms with E-state index in [1.807, 2.05) is 28.8 Å². The van der Waals surface area contributed by atoms with Gasteiger partial charge in [0.1, 0.15) is 5.82 Å². The monoisotopic (exact) mass is 335 g/mol. The number of benzene rings is 1. The molecular weight excluding hydrogens is 314 g/mol. The summed E-state index contributed by atoms with van der Waals surface area (Å²) < 4.78 is 1.81. The quantitative estimate of drug-likeness (QED) is 0.768. The third kappa shape index (κ3) is 2.84. The Kier molecular flexibility index (Phi) is 3.87. The topological polar surface area (TPSA) is 71.3 Å². The molecule has 0 aliphatic heterocycles. The number of hydrogen-bond acceptors (Lipinski definition) is 4. The van der Waals surface area contributed by atoms with Crippen molar-refractivity contribution >= 4 is 17.4 Å². The van der Waals surface area contributed by atoms with Crippen LogP contribution in [-0.4, -0.2) is 26.5 Å². The smallest absolute Gasteiger partial charge is 0.217 e. The van der Waals surface area contributed by atoms with Gasteiger partial charge < -0.3 is 10.6 Å². The van der Waals surface area contributed by atoms with Gasteiger partial charge in [-0.2, -0.15) is 9.61 Å². The first-order valence-corrected chi connectivity index (χ1v) is 8.61. The van der Waals surface area contributed by atoms with Crippen molar-refractivity contribution in [2.24, 2.45) is 0 Å². The zero-order valence-corrected chi connectivity index (χ0v) is 14.4. The molecule has 6 heteroatoms. The van der Waals surface area contributed by atoms with Gasteiger partial charge in [0.05, 0.1) is 18.3 Å². The van der Waals surface area contributed by atoms with Crippen molar-refractivity contribution in [2.45, 2.75) is 38.8 Å². The normalized spacial score (nSPS) is 19.0. The van der Waals surface area contributed by atoms with E-state index in [0.717, 1.165) is 30.0 Å². The maximum Gasteiger partial charge on any atom is 0.217 e. The van der Waals surface area contributed by atoms with Crippen LogP contribution in [0.3, 0.4) is 0 Å². The van der Waals surface area contributed by atoms with Crippen molar-refractivity contribution < 1.29 is 4.79 Å². The van der Waals surface area contributed by atoms with Crippen LogP contribution in [0.4, 0.5) is 5.82 Å². The fraction of sp³-hybridized carbons (Fsp3) is 0.316. The maximum absolute atomic E-state index is 11.7. The van der Waals surface area contributed by atoms with E-state index in [2.05, 4.69) is 39.8 Å². The molecule has 2 heterocycles. The minimum Gasteiger partial charge on any atom is -0.361 e. The van der Waals surface area contributed by atoms with Crippen molar-refractivity contribution in [1.29, 1.82) is 0 Å². The van der Waals surface area contributed by atoms with Crippen LogP contribution in [0.25, 0.3) is 5.65 Å². The molecule has 6 nitrogen and oxygen atoms in total. The molecule has 25 heavy (non-hydrogen) atoms. The molecule has 1 aromatic carbocycles. The molecule has 1 aliphatic rings.